The smallest absolute Gasteiger partial charge is 0.247 e. The molecule has 108 valence electrons. The molecule has 0 aliphatic carbocycles. The molecule has 1 aromatic heterocycles. The zero-order valence-corrected chi connectivity index (χ0v) is 11.8. The quantitative estimate of drug-likeness (QED) is 0.904. The van der Waals surface area contributed by atoms with Crippen LogP contribution in [0.3, 0.4) is 0 Å². The maximum absolute atomic E-state index is 12.4. The lowest BCUT2D eigenvalue weighted by Crippen LogP contribution is -2.33. The fourth-order valence-electron chi connectivity index (χ4n) is 2.41. The molecule has 1 aromatic carbocycles. The molecule has 3 rings (SSSR count). The standard InChI is InChI=1S/C16H17N3O2/c1-2-21-16-13(8-5-9-17-16)19-15(20)14-10-11-6-3-4-7-12(11)18-14/h3-9,14,18H,2,10H2,1H3,(H,19,20)/t14-/m0/s1. The molecule has 2 aromatic rings. The highest BCUT2D eigenvalue weighted by atomic mass is 16.5. The Labute approximate surface area is 123 Å². The lowest BCUT2D eigenvalue weighted by molar-refractivity contribution is -0.116. The molecule has 1 amide bonds. The predicted molar refractivity (Wildman–Crippen MR) is 81.6 cm³/mol. The van der Waals surface area contributed by atoms with Gasteiger partial charge in [0.25, 0.3) is 0 Å². The summed E-state index contributed by atoms with van der Waals surface area (Å²) in [5.74, 6) is 0.365. The molecule has 1 aliphatic rings. The van der Waals surface area contributed by atoms with E-state index in [1.165, 1.54) is 0 Å². The van der Waals surface area contributed by atoms with Gasteiger partial charge in [-0.1, -0.05) is 18.2 Å². The molecule has 0 radical (unpaired) electrons. The van der Waals surface area contributed by atoms with Crippen molar-refractivity contribution in [1.82, 2.24) is 4.98 Å². The van der Waals surface area contributed by atoms with Gasteiger partial charge in [-0.15, -0.1) is 0 Å². The molecule has 5 nitrogen and oxygen atoms in total. The molecule has 5 heteroatoms. The third-order valence-electron chi connectivity index (χ3n) is 3.40. The minimum atomic E-state index is -0.267. The molecule has 21 heavy (non-hydrogen) atoms. The number of benzene rings is 1. The normalized spacial score (nSPS) is 16.0. The summed E-state index contributed by atoms with van der Waals surface area (Å²) in [7, 11) is 0. The molecule has 0 spiro atoms. The Hall–Kier alpha value is -2.56. The number of nitrogens with zero attached hydrogens (tertiary/aromatic N) is 1. The summed E-state index contributed by atoms with van der Waals surface area (Å²) in [6.45, 7) is 2.39. The third kappa shape index (κ3) is 2.81. The van der Waals surface area contributed by atoms with E-state index in [0.29, 0.717) is 24.6 Å². The van der Waals surface area contributed by atoms with Gasteiger partial charge in [0.05, 0.1) is 6.61 Å². The maximum atomic E-state index is 12.4. The summed E-state index contributed by atoms with van der Waals surface area (Å²) in [6.07, 6.45) is 2.33. The van der Waals surface area contributed by atoms with Crippen LogP contribution >= 0.6 is 0 Å². The molecule has 2 N–H and O–H groups in total. The van der Waals surface area contributed by atoms with Crippen LogP contribution in [0.5, 0.6) is 5.88 Å². The van der Waals surface area contributed by atoms with Crippen molar-refractivity contribution >= 4 is 17.3 Å². The van der Waals surface area contributed by atoms with Crippen molar-refractivity contribution in [3.8, 4) is 5.88 Å². The van der Waals surface area contributed by atoms with E-state index in [9.17, 15) is 4.79 Å². The Kier molecular flexibility index (Phi) is 3.73. The van der Waals surface area contributed by atoms with Gasteiger partial charge < -0.3 is 15.4 Å². The van der Waals surface area contributed by atoms with E-state index in [1.807, 2.05) is 31.2 Å². The van der Waals surface area contributed by atoms with E-state index in [2.05, 4.69) is 15.6 Å². The molecule has 2 heterocycles. The molecule has 0 bridgehead atoms. The average Bonchev–Trinajstić information content (AvgIpc) is 2.93. The monoisotopic (exact) mass is 283 g/mol. The minimum Gasteiger partial charge on any atom is -0.476 e. The predicted octanol–water partition coefficient (Wildman–Crippen LogP) is 2.46. The molecule has 0 unspecified atom stereocenters. The molecule has 0 saturated heterocycles. The van der Waals surface area contributed by atoms with Gasteiger partial charge >= 0.3 is 0 Å². The summed E-state index contributed by atoms with van der Waals surface area (Å²) in [5, 5.41) is 6.12. The highest BCUT2D eigenvalue weighted by Gasteiger charge is 2.26. The van der Waals surface area contributed by atoms with Crippen molar-refractivity contribution in [2.24, 2.45) is 0 Å². The number of pyridine rings is 1. The van der Waals surface area contributed by atoms with Crippen LogP contribution in [0, 0.1) is 0 Å². The van der Waals surface area contributed by atoms with Gasteiger partial charge in [-0.3, -0.25) is 4.79 Å². The number of anilines is 2. The Balaban J connectivity index is 1.71. The highest BCUT2D eigenvalue weighted by Crippen LogP contribution is 2.27. The van der Waals surface area contributed by atoms with Gasteiger partial charge in [0.15, 0.2) is 0 Å². The third-order valence-corrected chi connectivity index (χ3v) is 3.40. The van der Waals surface area contributed by atoms with Crippen LogP contribution in [0.15, 0.2) is 42.6 Å². The molecule has 1 aliphatic heterocycles. The summed E-state index contributed by atoms with van der Waals surface area (Å²) < 4.78 is 5.42. The van der Waals surface area contributed by atoms with E-state index >= 15 is 0 Å². The van der Waals surface area contributed by atoms with Crippen LogP contribution in [0.4, 0.5) is 11.4 Å². The van der Waals surface area contributed by atoms with Crippen LogP contribution in [0.2, 0.25) is 0 Å². The maximum Gasteiger partial charge on any atom is 0.247 e. The zero-order chi connectivity index (χ0) is 14.7. The summed E-state index contributed by atoms with van der Waals surface area (Å²) in [4.78, 5) is 16.5. The fourth-order valence-corrected chi connectivity index (χ4v) is 2.41. The molecular weight excluding hydrogens is 266 g/mol. The number of amides is 1. The first-order chi connectivity index (χ1) is 10.3. The van der Waals surface area contributed by atoms with Crippen molar-refractivity contribution in [2.75, 3.05) is 17.2 Å². The number of para-hydroxylation sites is 1. The number of carbonyl (C=O) groups excluding carboxylic acids is 1. The fraction of sp³-hybridized carbons (Fsp3) is 0.250. The number of hydrogen-bond donors (Lipinski definition) is 2. The van der Waals surface area contributed by atoms with Gasteiger partial charge in [-0.05, 0) is 30.7 Å². The second kappa shape index (κ2) is 5.83. The van der Waals surface area contributed by atoms with Crippen LogP contribution in [0.25, 0.3) is 0 Å². The Bertz CT molecular complexity index is 632. The first kappa shape index (κ1) is 13.4. The molecular formula is C16H17N3O2. The van der Waals surface area contributed by atoms with Crippen LogP contribution in [0.1, 0.15) is 12.5 Å². The Morgan fingerprint density at radius 2 is 2.24 bits per heavy atom. The number of nitrogens with one attached hydrogen (secondary N) is 2. The number of carbonyl (C=O) groups is 1. The lowest BCUT2D eigenvalue weighted by atomic mass is 10.1. The SMILES string of the molecule is CCOc1ncccc1NC(=O)[C@@H]1Cc2ccccc2N1. The van der Waals surface area contributed by atoms with E-state index in [4.69, 9.17) is 4.74 Å². The van der Waals surface area contributed by atoms with Gasteiger partial charge in [0.2, 0.25) is 11.8 Å². The van der Waals surface area contributed by atoms with Crippen molar-refractivity contribution < 1.29 is 9.53 Å². The topological polar surface area (TPSA) is 63.2 Å². The number of rotatable bonds is 4. The second-order valence-corrected chi connectivity index (χ2v) is 4.84. The van der Waals surface area contributed by atoms with Gasteiger partial charge in [-0.2, -0.15) is 0 Å². The van der Waals surface area contributed by atoms with Crippen molar-refractivity contribution in [3.63, 3.8) is 0 Å². The van der Waals surface area contributed by atoms with Gasteiger partial charge in [0.1, 0.15) is 11.7 Å². The van der Waals surface area contributed by atoms with Crippen molar-refractivity contribution in [2.45, 2.75) is 19.4 Å². The first-order valence-corrected chi connectivity index (χ1v) is 7.01. The number of fused-ring (bicyclic) bond motifs is 1. The van der Waals surface area contributed by atoms with Crippen LogP contribution in [-0.4, -0.2) is 23.5 Å². The summed E-state index contributed by atoms with van der Waals surface area (Å²) >= 11 is 0. The zero-order valence-electron chi connectivity index (χ0n) is 11.8. The summed E-state index contributed by atoms with van der Waals surface area (Å²) in [6, 6.07) is 11.3. The number of hydrogen-bond acceptors (Lipinski definition) is 4. The van der Waals surface area contributed by atoms with E-state index in [0.717, 1.165) is 11.3 Å². The number of ether oxygens (including phenoxy) is 1. The minimum absolute atomic E-state index is 0.0832. The van der Waals surface area contributed by atoms with Crippen molar-refractivity contribution in [1.29, 1.82) is 0 Å². The largest absolute Gasteiger partial charge is 0.476 e. The lowest BCUT2D eigenvalue weighted by Gasteiger charge is -2.14. The van der Waals surface area contributed by atoms with E-state index < -0.39 is 0 Å². The average molecular weight is 283 g/mol. The Morgan fingerprint density at radius 1 is 1.38 bits per heavy atom. The van der Waals surface area contributed by atoms with Gasteiger partial charge in [0, 0.05) is 18.3 Å². The molecule has 0 fully saturated rings. The van der Waals surface area contributed by atoms with Crippen molar-refractivity contribution in [3.05, 3.63) is 48.2 Å². The Morgan fingerprint density at radius 3 is 3.05 bits per heavy atom. The number of aromatic nitrogens is 1. The van der Waals surface area contributed by atoms with Gasteiger partial charge in [-0.25, -0.2) is 4.98 Å². The van der Waals surface area contributed by atoms with Crippen LogP contribution < -0.4 is 15.4 Å². The van der Waals surface area contributed by atoms with E-state index in [1.54, 1.807) is 18.3 Å². The highest BCUT2D eigenvalue weighted by molar-refractivity contribution is 5.98. The van der Waals surface area contributed by atoms with Crippen LogP contribution in [-0.2, 0) is 11.2 Å². The second-order valence-electron chi connectivity index (χ2n) is 4.84. The first-order valence-electron chi connectivity index (χ1n) is 7.01. The molecule has 1 atom stereocenters. The van der Waals surface area contributed by atoms with E-state index in [-0.39, 0.29) is 11.9 Å². The molecule has 0 saturated carbocycles. The summed E-state index contributed by atoms with van der Waals surface area (Å²) in [5.41, 5.74) is 2.78.